The Kier molecular flexibility index (Phi) is 8.80. The normalized spacial score (nSPS) is 10.3. The number of hydrogen-bond donors (Lipinski definition) is 2. The Morgan fingerprint density at radius 3 is 2.81 bits per heavy atom. The SMILES string of the molecule is CC(C)CCCCCCNC(=O)c1csc(C#CCN)c1. The second-order valence-electron chi connectivity index (χ2n) is 5.56. The maximum Gasteiger partial charge on any atom is 0.252 e. The van der Waals surface area contributed by atoms with E-state index in [0.29, 0.717) is 12.1 Å². The first-order valence-electron chi connectivity index (χ1n) is 7.69. The number of thiophene rings is 1. The van der Waals surface area contributed by atoms with E-state index in [1.165, 1.54) is 37.0 Å². The standard InChI is InChI=1S/C17H26N2OS/c1-14(2)8-5-3-4-6-11-19-17(20)15-12-16(21-13-15)9-7-10-18/h12-14H,3-6,8,10-11,18H2,1-2H3,(H,19,20). The molecule has 0 saturated heterocycles. The molecule has 0 spiro atoms. The lowest BCUT2D eigenvalue weighted by Crippen LogP contribution is -2.23. The van der Waals surface area contributed by atoms with Gasteiger partial charge in [-0.3, -0.25) is 4.79 Å². The second kappa shape index (κ2) is 10.4. The van der Waals surface area contributed by atoms with Crippen LogP contribution in [0.15, 0.2) is 11.4 Å². The van der Waals surface area contributed by atoms with E-state index in [0.717, 1.165) is 23.8 Å². The molecule has 116 valence electrons. The van der Waals surface area contributed by atoms with Crippen LogP contribution in [0.5, 0.6) is 0 Å². The molecule has 0 aromatic carbocycles. The first kappa shape index (κ1) is 17.7. The summed E-state index contributed by atoms with van der Waals surface area (Å²) in [4.78, 5) is 12.8. The Morgan fingerprint density at radius 1 is 1.33 bits per heavy atom. The van der Waals surface area contributed by atoms with Crippen molar-refractivity contribution in [2.75, 3.05) is 13.1 Å². The van der Waals surface area contributed by atoms with E-state index < -0.39 is 0 Å². The van der Waals surface area contributed by atoms with E-state index in [1.807, 2.05) is 11.4 Å². The van der Waals surface area contributed by atoms with E-state index in [4.69, 9.17) is 5.73 Å². The average molecular weight is 306 g/mol. The molecule has 4 heteroatoms. The molecule has 0 bridgehead atoms. The minimum Gasteiger partial charge on any atom is -0.352 e. The van der Waals surface area contributed by atoms with E-state index in [2.05, 4.69) is 31.0 Å². The Hall–Kier alpha value is -1.31. The number of nitrogens with one attached hydrogen (secondary N) is 1. The molecular weight excluding hydrogens is 280 g/mol. The number of unbranched alkanes of at least 4 members (excludes halogenated alkanes) is 3. The molecule has 3 N–H and O–H groups in total. The molecule has 1 rings (SSSR count). The predicted octanol–water partition coefficient (Wildman–Crippen LogP) is 3.39. The quantitative estimate of drug-likeness (QED) is 0.571. The van der Waals surface area contributed by atoms with Crippen LogP contribution in [0, 0.1) is 17.8 Å². The molecule has 0 saturated carbocycles. The molecule has 1 aromatic heterocycles. The Morgan fingerprint density at radius 2 is 2.10 bits per heavy atom. The lowest BCUT2D eigenvalue weighted by Gasteiger charge is -2.05. The van der Waals surface area contributed by atoms with Gasteiger partial charge in [0, 0.05) is 11.9 Å². The van der Waals surface area contributed by atoms with Gasteiger partial charge < -0.3 is 11.1 Å². The predicted molar refractivity (Wildman–Crippen MR) is 90.5 cm³/mol. The van der Waals surface area contributed by atoms with Crippen molar-refractivity contribution < 1.29 is 4.79 Å². The van der Waals surface area contributed by atoms with Gasteiger partial charge in [-0.05, 0) is 18.4 Å². The fourth-order valence-corrected chi connectivity index (χ4v) is 2.75. The van der Waals surface area contributed by atoms with Gasteiger partial charge in [0.05, 0.1) is 17.0 Å². The molecular formula is C17H26N2OS. The monoisotopic (exact) mass is 306 g/mol. The van der Waals surface area contributed by atoms with Crippen molar-refractivity contribution in [1.29, 1.82) is 0 Å². The van der Waals surface area contributed by atoms with Crippen LogP contribution in [-0.2, 0) is 0 Å². The van der Waals surface area contributed by atoms with Crippen LogP contribution in [0.25, 0.3) is 0 Å². The minimum atomic E-state index is -0.00534. The van der Waals surface area contributed by atoms with E-state index in [-0.39, 0.29) is 5.91 Å². The number of carbonyl (C=O) groups is 1. The number of carbonyl (C=O) groups excluding carboxylic acids is 1. The van der Waals surface area contributed by atoms with E-state index in [1.54, 1.807) is 0 Å². The largest absolute Gasteiger partial charge is 0.352 e. The van der Waals surface area contributed by atoms with Crippen LogP contribution >= 0.6 is 11.3 Å². The fourth-order valence-electron chi connectivity index (χ4n) is 1.99. The highest BCUT2D eigenvalue weighted by Gasteiger charge is 2.07. The Bertz CT molecular complexity index is 482. The molecule has 0 aliphatic heterocycles. The molecule has 1 amide bonds. The molecule has 0 aliphatic rings. The van der Waals surface area contributed by atoms with Crippen LogP contribution in [-0.4, -0.2) is 19.0 Å². The third-order valence-corrected chi connectivity index (χ3v) is 4.01. The van der Waals surface area contributed by atoms with Gasteiger partial charge in [0.2, 0.25) is 0 Å². The maximum absolute atomic E-state index is 11.9. The lowest BCUT2D eigenvalue weighted by molar-refractivity contribution is 0.0953. The van der Waals surface area contributed by atoms with Gasteiger partial charge in [-0.15, -0.1) is 11.3 Å². The van der Waals surface area contributed by atoms with Crippen LogP contribution in [0.4, 0.5) is 0 Å². The Balaban J connectivity index is 2.17. The second-order valence-corrected chi connectivity index (χ2v) is 6.47. The zero-order valence-corrected chi connectivity index (χ0v) is 13.9. The zero-order chi connectivity index (χ0) is 15.5. The summed E-state index contributed by atoms with van der Waals surface area (Å²) in [6.07, 6.45) is 6.08. The van der Waals surface area contributed by atoms with Crippen LogP contribution in [0.1, 0.15) is 61.2 Å². The fraction of sp³-hybridized carbons (Fsp3) is 0.588. The van der Waals surface area contributed by atoms with Crippen molar-refractivity contribution in [3.8, 4) is 11.8 Å². The minimum absolute atomic E-state index is 0.00534. The maximum atomic E-state index is 11.9. The smallest absolute Gasteiger partial charge is 0.252 e. The summed E-state index contributed by atoms with van der Waals surface area (Å²) in [5, 5.41) is 4.81. The van der Waals surface area contributed by atoms with Gasteiger partial charge in [-0.1, -0.05) is 51.4 Å². The molecule has 0 aliphatic carbocycles. The van der Waals surface area contributed by atoms with Crippen molar-refractivity contribution in [2.24, 2.45) is 11.7 Å². The topological polar surface area (TPSA) is 55.1 Å². The lowest BCUT2D eigenvalue weighted by atomic mass is 10.0. The number of nitrogens with two attached hydrogens (primary N) is 1. The summed E-state index contributed by atoms with van der Waals surface area (Å²) >= 11 is 1.48. The Labute approximate surface area is 132 Å². The summed E-state index contributed by atoms with van der Waals surface area (Å²) in [5.41, 5.74) is 6.02. The summed E-state index contributed by atoms with van der Waals surface area (Å²) in [5.74, 6) is 6.52. The van der Waals surface area contributed by atoms with Gasteiger partial charge in [-0.2, -0.15) is 0 Å². The van der Waals surface area contributed by atoms with Crippen LogP contribution in [0.3, 0.4) is 0 Å². The molecule has 0 radical (unpaired) electrons. The van der Waals surface area contributed by atoms with Crippen molar-refractivity contribution >= 4 is 17.2 Å². The molecule has 3 nitrogen and oxygen atoms in total. The van der Waals surface area contributed by atoms with Crippen LogP contribution in [0.2, 0.25) is 0 Å². The summed E-state index contributed by atoms with van der Waals surface area (Å²) in [6.45, 7) is 5.61. The van der Waals surface area contributed by atoms with Gasteiger partial charge in [0.25, 0.3) is 5.91 Å². The van der Waals surface area contributed by atoms with Gasteiger partial charge >= 0.3 is 0 Å². The van der Waals surface area contributed by atoms with Crippen molar-refractivity contribution in [2.45, 2.75) is 46.0 Å². The molecule has 0 atom stereocenters. The van der Waals surface area contributed by atoms with Crippen molar-refractivity contribution in [3.63, 3.8) is 0 Å². The first-order valence-corrected chi connectivity index (χ1v) is 8.57. The average Bonchev–Trinajstić information content (AvgIpc) is 2.92. The number of hydrogen-bond acceptors (Lipinski definition) is 3. The number of rotatable bonds is 8. The zero-order valence-electron chi connectivity index (χ0n) is 13.1. The highest BCUT2D eigenvalue weighted by molar-refractivity contribution is 7.10. The highest BCUT2D eigenvalue weighted by Crippen LogP contribution is 2.13. The molecule has 1 heterocycles. The summed E-state index contributed by atoms with van der Waals surface area (Å²) in [6, 6.07) is 1.82. The molecule has 0 unspecified atom stereocenters. The number of amides is 1. The van der Waals surface area contributed by atoms with Gasteiger partial charge in [0.15, 0.2) is 0 Å². The third-order valence-electron chi connectivity index (χ3n) is 3.17. The van der Waals surface area contributed by atoms with Crippen LogP contribution < -0.4 is 11.1 Å². The van der Waals surface area contributed by atoms with Crippen molar-refractivity contribution in [1.82, 2.24) is 5.32 Å². The van der Waals surface area contributed by atoms with E-state index >= 15 is 0 Å². The summed E-state index contributed by atoms with van der Waals surface area (Å²) in [7, 11) is 0. The summed E-state index contributed by atoms with van der Waals surface area (Å²) < 4.78 is 0. The van der Waals surface area contributed by atoms with Gasteiger partial charge in [0.1, 0.15) is 0 Å². The van der Waals surface area contributed by atoms with Crippen molar-refractivity contribution in [3.05, 3.63) is 21.9 Å². The first-order chi connectivity index (χ1) is 10.1. The molecule has 21 heavy (non-hydrogen) atoms. The van der Waals surface area contributed by atoms with Gasteiger partial charge in [-0.25, -0.2) is 0 Å². The molecule has 0 fully saturated rings. The van der Waals surface area contributed by atoms with E-state index in [9.17, 15) is 4.79 Å². The molecule has 1 aromatic rings. The third kappa shape index (κ3) is 7.89. The highest BCUT2D eigenvalue weighted by atomic mass is 32.1.